The summed E-state index contributed by atoms with van der Waals surface area (Å²) < 4.78 is 2.03. The van der Waals surface area contributed by atoms with Crippen LogP contribution in [0.25, 0.3) is 0 Å². The van der Waals surface area contributed by atoms with Crippen LogP contribution in [0.4, 0.5) is 0 Å². The molecule has 4 nitrogen and oxygen atoms in total. The molecular weight excluding hydrogens is 166 g/mol. The number of hydrogen-bond acceptors (Lipinski definition) is 3. The van der Waals surface area contributed by atoms with Gasteiger partial charge in [0.2, 0.25) is 0 Å². The van der Waals surface area contributed by atoms with Gasteiger partial charge in [-0.2, -0.15) is 5.10 Å². The van der Waals surface area contributed by atoms with Crippen molar-refractivity contribution in [2.24, 2.45) is 5.90 Å². The van der Waals surface area contributed by atoms with Crippen LogP contribution in [0.15, 0.2) is 18.5 Å². The minimum absolute atomic E-state index is 0.256. The van der Waals surface area contributed by atoms with Crippen LogP contribution < -0.4 is 5.90 Å². The predicted molar refractivity (Wildman–Crippen MR) is 48.8 cm³/mol. The summed E-state index contributed by atoms with van der Waals surface area (Å²) in [6.07, 6.45) is 8.42. The first kappa shape index (κ1) is 8.72. The van der Waals surface area contributed by atoms with Gasteiger partial charge in [-0.15, -0.1) is 0 Å². The number of aromatic nitrogens is 2. The van der Waals surface area contributed by atoms with Crippen molar-refractivity contribution in [3.05, 3.63) is 18.5 Å². The Labute approximate surface area is 77.6 Å². The molecule has 0 spiro atoms. The van der Waals surface area contributed by atoms with E-state index in [1.54, 1.807) is 0 Å². The summed E-state index contributed by atoms with van der Waals surface area (Å²) in [6, 6.07) is 2.51. The van der Waals surface area contributed by atoms with Crippen molar-refractivity contribution in [3.63, 3.8) is 0 Å². The molecule has 0 amide bonds. The van der Waals surface area contributed by atoms with Gasteiger partial charge in [-0.05, 0) is 31.7 Å². The van der Waals surface area contributed by atoms with Crippen LogP contribution in [0, 0.1) is 0 Å². The molecule has 0 saturated heterocycles. The normalized spacial score (nSPS) is 29.0. The van der Waals surface area contributed by atoms with Gasteiger partial charge in [0.05, 0.1) is 12.1 Å². The van der Waals surface area contributed by atoms with E-state index in [0.29, 0.717) is 6.04 Å². The SMILES string of the molecule is NOC1CCC(n2cccn2)CC1. The highest BCUT2D eigenvalue weighted by atomic mass is 16.6. The average Bonchev–Trinajstić information content (AvgIpc) is 2.71. The van der Waals surface area contributed by atoms with Crippen LogP contribution in [0.5, 0.6) is 0 Å². The van der Waals surface area contributed by atoms with Crippen molar-refractivity contribution in [2.45, 2.75) is 37.8 Å². The van der Waals surface area contributed by atoms with Crippen LogP contribution in [-0.4, -0.2) is 15.9 Å². The molecule has 72 valence electrons. The van der Waals surface area contributed by atoms with E-state index in [1.165, 1.54) is 0 Å². The average molecular weight is 181 g/mol. The number of hydrogen-bond donors (Lipinski definition) is 1. The molecular formula is C9H15N3O. The molecule has 1 saturated carbocycles. The summed E-state index contributed by atoms with van der Waals surface area (Å²) in [5.41, 5.74) is 0. The van der Waals surface area contributed by atoms with Crippen LogP contribution in [0.2, 0.25) is 0 Å². The van der Waals surface area contributed by atoms with Gasteiger partial charge in [-0.25, -0.2) is 5.90 Å². The number of nitrogens with two attached hydrogens (primary N) is 1. The Morgan fingerprint density at radius 3 is 2.62 bits per heavy atom. The van der Waals surface area contributed by atoms with Gasteiger partial charge in [-0.3, -0.25) is 4.68 Å². The van der Waals surface area contributed by atoms with E-state index in [0.717, 1.165) is 25.7 Å². The molecule has 1 aliphatic rings. The highest BCUT2D eigenvalue weighted by Crippen LogP contribution is 2.28. The third-order valence-corrected chi connectivity index (χ3v) is 2.74. The first-order valence-corrected chi connectivity index (χ1v) is 4.75. The fraction of sp³-hybridized carbons (Fsp3) is 0.667. The van der Waals surface area contributed by atoms with E-state index in [1.807, 2.05) is 23.1 Å². The Morgan fingerprint density at radius 1 is 1.31 bits per heavy atom. The molecule has 2 N–H and O–H groups in total. The quantitative estimate of drug-likeness (QED) is 0.699. The zero-order chi connectivity index (χ0) is 9.10. The van der Waals surface area contributed by atoms with Crippen LogP contribution in [-0.2, 0) is 4.84 Å². The molecule has 0 unspecified atom stereocenters. The van der Waals surface area contributed by atoms with E-state index < -0.39 is 0 Å². The molecule has 4 heteroatoms. The maximum atomic E-state index is 5.14. The minimum atomic E-state index is 0.256. The lowest BCUT2D eigenvalue weighted by Crippen LogP contribution is -2.25. The van der Waals surface area contributed by atoms with Crippen molar-refractivity contribution in [1.82, 2.24) is 9.78 Å². The topological polar surface area (TPSA) is 53.1 Å². The highest BCUT2D eigenvalue weighted by Gasteiger charge is 2.22. The Morgan fingerprint density at radius 2 is 2.08 bits per heavy atom. The zero-order valence-electron chi connectivity index (χ0n) is 7.60. The van der Waals surface area contributed by atoms with E-state index in [9.17, 15) is 0 Å². The lowest BCUT2D eigenvalue weighted by atomic mass is 9.93. The van der Waals surface area contributed by atoms with Crippen LogP contribution >= 0.6 is 0 Å². The second kappa shape index (κ2) is 3.89. The van der Waals surface area contributed by atoms with Gasteiger partial charge in [0, 0.05) is 12.4 Å². The van der Waals surface area contributed by atoms with Gasteiger partial charge in [0.15, 0.2) is 0 Å². The third kappa shape index (κ3) is 1.89. The summed E-state index contributed by atoms with van der Waals surface area (Å²) in [5, 5.41) is 4.24. The lowest BCUT2D eigenvalue weighted by molar-refractivity contribution is 0.0176. The molecule has 0 atom stereocenters. The molecule has 1 fully saturated rings. The van der Waals surface area contributed by atoms with Crippen molar-refractivity contribution >= 4 is 0 Å². The number of rotatable bonds is 2. The van der Waals surface area contributed by atoms with E-state index in [2.05, 4.69) is 5.10 Å². The van der Waals surface area contributed by atoms with E-state index in [4.69, 9.17) is 10.7 Å². The second-order valence-electron chi connectivity index (χ2n) is 3.55. The largest absolute Gasteiger partial charge is 0.301 e. The molecule has 0 radical (unpaired) electrons. The number of nitrogens with zero attached hydrogens (tertiary/aromatic N) is 2. The van der Waals surface area contributed by atoms with Crippen molar-refractivity contribution in [3.8, 4) is 0 Å². The standard InChI is InChI=1S/C9H15N3O/c10-13-9-4-2-8(3-5-9)12-7-1-6-11-12/h1,6-9H,2-5,10H2. The van der Waals surface area contributed by atoms with Crippen LogP contribution in [0.3, 0.4) is 0 Å². The van der Waals surface area contributed by atoms with Gasteiger partial charge < -0.3 is 4.84 Å². The molecule has 1 heterocycles. The Kier molecular flexibility index (Phi) is 2.61. The van der Waals surface area contributed by atoms with Gasteiger partial charge in [0.25, 0.3) is 0 Å². The molecule has 13 heavy (non-hydrogen) atoms. The molecule has 1 aromatic rings. The molecule has 1 aliphatic carbocycles. The van der Waals surface area contributed by atoms with Crippen LogP contribution in [0.1, 0.15) is 31.7 Å². The molecule has 2 rings (SSSR count). The second-order valence-corrected chi connectivity index (χ2v) is 3.55. The molecule has 0 aliphatic heterocycles. The zero-order valence-corrected chi connectivity index (χ0v) is 7.60. The minimum Gasteiger partial charge on any atom is -0.301 e. The highest BCUT2D eigenvalue weighted by molar-refractivity contribution is 4.84. The monoisotopic (exact) mass is 181 g/mol. The van der Waals surface area contributed by atoms with Crippen molar-refractivity contribution in [2.75, 3.05) is 0 Å². The summed E-state index contributed by atoms with van der Waals surface area (Å²) in [4.78, 5) is 4.83. The fourth-order valence-corrected chi connectivity index (χ4v) is 1.94. The molecule has 0 aromatic carbocycles. The fourth-order valence-electron chi connectivity index (χ4n) is 1.94. The van der Waals surface area contributed by atoms with Crippen molar-refractivity contribution in [1.29, 1.82) is 0 Å². The first-order chi connectivity index (χ1) is 6.40. The van der Waals surface area contributed by atoms with Gasteiger partial charge in [0.1, 0.15) is 0 Å². The van der Waals surface area contributed by atoms with Crippen molar-refractivity contribution < 1.29 is 4.84 Å². The van der Waals surface area contributed by atoms with E-state index in [-0.39, 0.29) is 6.10 Å². The maximum Gasteiger partial charge on any atom is 0.0789 e. The summed E-state index contributed by atoms with van der Waals surface area (Å²) >= 11 is 0. The Balaban J connectivity index is 1.92. The van der Waals surface area contributed by atoms with E-state index >= 15 is 0 Å². The molecule has 1 aromatic heterocycles. The first-order valence-electron chi connectivity index (χ1n) is 4.75. The maximum absolute atomic E-state index is 5.14. The smallest absolute Gasteiger partial charge is 0.0789 e. The van der Waals surface area contributed by atoms with Gasteiger partial charge >= 0.3 is 0 Å². The Hall–Kier alpha value is -0.870. The third-order valence-electron chi connectivity index (χ3n) is 2.74. The predicted octanol–water partition coefficient (Wildman–Crippen LogP) is 1.26. The Bertz CT molecular complexity index is 239. The summed E-state index contributed by atoms with van der Waals surface area (Å²) in [5.74, 6) is 5.14. The van der Waals surface area contributed by atoms with Gasteiger partial charge in [-0.1, -0.05) is 0 Å². The summed E-state index contributed by atoms with van der Waals surface area (Å²) in [7, 11) is 0. The summed E-state index contributed by atoms with van der Waals surface area (Å²) in [6.45, 7) is 0. The lowest BCUT2D eigenvalue weighted by Gasteiger charge is -2.27. The molecule has 0 bridgehead atoms.